The minimum absolute atomic E-state index is 0.0106. The molecule has 0 spiro atoms. The molecular weight excluding hydrogens is 709 g/mol. The molecule has 0 saturated carbocycles. The molecule has 14 heteroatoms. The number of Topliss-reactive ketones (excluding diaryl/α,β-unsaturated/α-hetero) is 1. The number of carbonyl (C=O) groups excluding carboxylic acids is 5. The molecule has 2 atom stereocenters. The summed E-state index contributed by atoms with van der Waals surface area (Å²) in [6.07, 6.45) is -1.62. The lowest BCUT2D eigenvalue weighted by atomic mass is 9.99. The zero-order valence-electron chi connectivity index (χ0n) is 29.9. The van der Waals surface area contributed by atoms with Gasteiger partial charge in [-0.1, -0.05) is 98.8 Å². The van der Waals surface area contributed by atoms with Crippen LogP contribution in [0.25, 0.3) is 10.2 Å². The van der Waals surface area contributed by atoms with Crippen LogP contribution >= 0.6 is 11.3 Å². The van der Waals surface area contributed by atoms with Gasteiger partial charge in [0.1, 0.15) is 19.3 Å². The quantitative estimate of drug-likeness (QED) is 0.0624. The molecule has 5 rings (SSSR count). The highest BCUT2D eigenvalue weighted by atomic mass is 32.1. The van der Waals surface area contributed by atoms with E-state index in [2.05, 4.69) is 31.2 Å². The third-order valence-electron chi connectivity index (χ3n) is 7.93. The Hall–Kier alpha value is -6.41. The number of benzene rings is 4. The van der Waals surface area contributed by atoms with E-state index in [1.54, 1.807) is 62.4 Å². The fraction of sp³-hybridized carbons (Fsp3) is 0.225. The van der Waals surface area contributed by atoms with E-state index >= 15 is 0 Å². The summed E-state index contributed by atoms with van der Waals surface area (Å²) in [6, 6.07) is 30.3. The standard InChI is InChI=1S/C40H40N6O7S/c1-25(2)34(41-26(3)47)36(49)43-32(35(48)37-44-31-16-10-11-17-33(31)54-37)22-27-18-20-30(21-19-27)42-38(45-39(50)52-23-28-12-6-4-7-13-28)46-40(51)53-24-29-14-8-5-9-15-29/h4-21,25,32,34H,22-24H2,1-3H3,(H,41,47)(H,43,49)(H2,42,45,46,50,51)/t32?,34-/m0/s1. The Morgan fingerprint density at radius 2 is 1.26 bits per heavy atom. The number of carbonyl (C=O) groups is 5. The van der Waals surface area contributed by atoms with Crippen LogP contribution in [0.5, 0.6) is 0 Å². The molecule has 0 aliphatic carbocycles. The van der Waals surface area contributed by atoms with Gasteiger partial charge in [0.15, 0.2) is 5.01 Å². The summed E-state index contributed by atoms with van der Waals surface area (Å²) in [6.45, 7) is 4.91. The number of aliphatic imine (C=N–C) groups is 1. The smallest absolute Gasteiger partial charge is 0.414 e. The van der Waals surface area contributed by atoms with Gasteiger partial charge in [-0.05, 0) is 46.9 Å². The summed E-state index contributed by atoms with van der Waals surface area (Å²) in [7, 11) is 0. The number of aromatic nitrogens is 1. The van der Waals surface area contributed by atoms with Crippen molar-refractivity contribution in [3.63, 3.8) is 0 Å². The Morgan fingerprint density at radius 3 is 1.80 bits per heavy atom. The molecule has 0 aliphatic heterocycles. The number of ketones is 1. The molecule has 4 N–H and O–H groups in total. The summed E-state index contributed by atoms with van der Waals surface area (Å²) in [5, 5.41) is 10.7. The lowest BCUT2D eigenvalue weighted by Gasteiger charge is -2.24. The highest BCUT2D eigenvalue weighted by molar-refractivity contribution is 7.20. The molecule has 1 heterocycles. The Kier molecular flexibility index (Phi) is 13.6. The monoisotopic (exact) mass is 748 g/mol. The summed E-state index contributed by atoms with van der Waals surface area (Å²) in [4.78, 5) is 73.6. The maximum atomic E-state index is 13.9. The average Bonchev–Trinajstić information content (AvgIpc) is 3.61. The fourth-order valence-corrected chi connectivity index (χ4v) is 6.18. The number of nitrogens with zero attached hydrogens (tertiary/aromatic N) is 2. The summed E-state index contributed by atoms with van der Waals surface area (Å²) in [5.74, 6) is -1.73. The van der Waals surface area contributed by atoms with Crippen LogP contribution in [0.2, 0.25) is 0 Å². The normalized spacial score (nSPS) is 11.9. The van der Waals surface area contributed by atoms with Crippen LogP contribution in [0.4, 0.5) is 15.3 Å². The van der Waals surface area contributed by atoms with Gasteiger partial charge in [0.25, 0.3) is 0 Å². The van der Waals surface area contributed by atoms with Crippen LogP contribution in [0.1, 0.15) is 47.3 Å². The largest absolute Gasteiger partial charge is 0.444 e. The van der Waals surface area contributed by atoms with E-state index in [0.717, 1.165) is 15.8 Å². The van der Waals surface area contributed by atoms with Gasteiger partial charge >= 0.3 is 12.2 Å². The number of nitrogens with one attached hydrogen (secondary N) is 4. The summed E-state index contributed by atoms with van der Waals surface area (Å²) >= 11 is 1.23. The molecule has 0 aliphatic rings. The molecule has 5 aromatic rings. The van der Waals surface area contributed by atoms with Gasteiger partial charge < -0.3 is 20.1 Å². The third kappa shape index (κ3) is 11.5. The third-order valence-corrected chi connectivity index (χ3v) is 8.98. The fourth-order valence-electron chi connectivity index (χ4n) is 5.22. The van der Waals surface area contributed by atoms with Crippen molar-refractivity contribution in [3.8, 4) is 0 Å². The maximum absolute atomic E-state index is 13.9. The van der Waals surface area contributed by atoms with Gasteiger partial charge in [-0.3, -0.25) is 25.0 Å². The number of hydrogen-bond donors (Lipinski definition) is 4. The maximum Gasteiger partial charge on any atom is 0.414 e. The van der Waals surface area contributed by atoms with Crippen LogP contribution in [0.15, 0.2) is 114 Å². The summed E-state index contributed by atoms with van der Waals surface area (Å²) in [5.41, 5.74) is 3.21. The van der Waals surface area contributed by atoms with E-state index in [0.29, 0.717) is 16.8 Å². The van der Waals surface area contributed by atoms with E-state index in [1.807, 2.05) is 60.7 Å². The van der Waals surface area contributed by atoms with Crippen LogP contribution < -0.4 is 21.3 Å². The molecule has 0 radical (unpaired) electrons. The number of amides is 4. The van der Waals surface area contributed by atoms with Gasteiger partial charge in [-0.15, -0.1) is 11.3 Å². The second kappa shape index (κ2) is 18.9. The topological polar surface area (TPSA) is 177 Å². The van der Waals surface area contributed by atoms with E-state index < -0.39 is 30.2 Å². The van der Waals surface area contributed by atoms with Crippen molar-refractivity contribution in [2.45, 2.75) is 52.5 Å². The first-order chi connectivity index (χ1) is 26.0. The van der Waals surface area contributed by atoms with Crippen LogP contribution in [0.3, 0.4) is 0 Å². The van der Waals surface area contributed by atoms with Gasteiger partial charge in [0, 0.05) is 13.3 Å². The van der Waals surface area contributed by atoms with Crippen molar-refractivity contribution < 1.29 is 33.4 Å². The molecule has 0 fully saturated rings. The number of para-hydroxylation sites is 1. The molecule has 4 amide bonds. The minimum Gasteiger partial charge on any atom is -0.444 e. The SMILES string of the molecule is CC(=O)N[C@H](C(=O)NC(Cc1ccc(N=C(NC(=O)OCc2ccccc2)NC(=O)OCc2ccccc2)cc1)C(=O)c1nc2ccccc2s1)C(C)C. The lowest BCUT2D eigenvalue weighted by Crippen LogP contribution is -2.53. The second-order valence-corrected chi connectivity index (χ2v) is 13.6. The minimum atomic E-state index is -1.01. The Bertz CT molecular complexity index is 2010. The summed E-state index contributed by atoms with van der Waals surface area (Å²) < 4.78 is 11.5. The molecular formula is C40H40N6O7S. The number of guanidine groups is 1. The number of alkyl carbamates (subject to hydrolysis) is 2. The lowest BCUT2D eigenvalue weighted by molar-refractivity contribution is -0.129. The van der Waals surface area contributed by atoms with Crippen LogP contribution in [-0.2, 0) is 38.7 Å². The van der Waals surface area contributed by atoms with E-state index in [1.165, 1.54) is 18.3 Å². The van der Waals surface area contributed by atoms with Crippen LogP contribution in [0, 0.1) is 5.92 Å². The van der Waals surface area contributed by atoms with Crippen molar-refractivity contribution in [1.29, 1.82) is 0 Å². The number of rotatable bonds is 13. The number of fused-ring (bicyclic) bond motifs is 1. The molecule has 4 aromatic carbocycles. The van der Waals surface area contributed by atoms with Gasteiger partial charge in [0.05, 0.1) is 21.9 Å². The molecule has 1 aromatic heterocycles. The predicted octanol–water partition coefficient (Wildman–Crippen LogP) is 6.21. The van der Waals surface area contributed by atoms with Crippen molar-refractivity contribution in [2.24, 2.45) is 10.9 Å². The van der Waals surface area contributed by atoms with Crippen molar-refractivity contribution in [2.75, 3.05) is 0 Å². The molecule has 1 unspecified atom stereocenters. The predicted molar refractivity (Wildman–Crippen MR) is 205 cm³/mol. The zero-order chi connectivity index (χ0) is 38.5. The van der Waals surface area contributed by atoms with Gasteiger partial charge in [0.2, 0.25) is 23.6 Å². The highest BCUT2D eigenvalue weighted by Gasteiger charge is 2.30. The number of thiazole rings is 1. The highest BCUT2D eigenvalue weighted by Crippen LogP contribution is 2.24. The van der Waals surface area contributed by atoms with Gasteiger partial charge in [-0.2, -0.15) is 0 Å². The van der Waals surface area contributed by atoms with E-state index in [-0.39, 0.29) is 48.2 Å². The molecule has 0 bridgehead atoms. The average molecular weight is 749 g/mol. The molecule has 278 valence electrons. The van der Waals surface area contributed by atoms with E-state index in [9.17, 15) is 24.0 Å². The van der Waals surface area contributed by atoms with Crippen LogP contribution in [-0.4, -0.2) is 52.8 Å². The van der Waals surface area contributed by atoms with Crippen molar-refractivity contribution >= 4 is 63.0 Å². The molecule has 54 heavy (non-hydrogen) atoms. The van der Waals surface area contributed by atoms with Gasteiger partial charge in [-0.25, -0.2) is 19.6 Å². The molecule has 13 nitrogen and oxygen atoms in total. The Balaban J connectivity index is 1.34. The Morgan fingerprint density at radius 1 is 0.704 bits per heavy atom. The first-order valence-corrected chi connectivity index (χ1v) is 18.0. The molecule has 0 saturated heterocycles. The van der Waals surface area contributed by atoms with Crippen molar-refractivity contribution in [3.05, 3.63) is 131 Å². The van der Waals surface area contributed by atoms with Crippen molar-refractivity contribution in [1.82, 2.24) is 26.3 Å². The van der Waals surface area contributed by atoms with E-state index in [4.69, 9.17) is 9.47 Å². The second-order valence-electron chi connectivity index (χ2n) is 12.5. The Labute approximate surface area is 316 Å². The zero-order valence-corrected chi connectivity index (χ0v) is 30.7. The first-order valence-electron chi connectivity index (χ1n) is 17.1. The first kappa shape index (κ1) is 38.8. The number of hydrogen-bond acceptors (Lipinski definition) is 10. The number of ether oxygens (including phenoxy) is 2.